The van der Waals surface area contributed by atoms with Crippen LogP contribution in [0.3, 0.4) is 0 Å². The maximum Gasteiger partial charge on any atom is 0.287 e. The predicted octanol–water partition coefficient (Wildman–Crippen LogP) is 2.95. The molecule has 0 unspecified atom stereocenters. The Hall–Kier alpha value is -0.290. The second-order valence-corrected chi connectivity index (χ2v) is 5.26. The number of hydrogen-bond donors (Lipinski definition) is 1. The molecule has 0 bridgehead atoms. The maximum atomic E-state index is 11.6. The van der Waals surface area contributed by atoms with Crippen molar-refractivity contribution >= 4 is 37.8 Å². The Morgan fingerprint density at radius 3 is 2.73 bits per heavy atom. The third kappa shape index (κ3) is 2.64. The molecule has 1 fully saturated rings. The highest BCUT2D eigenvalue weighted by Gasteiger charge is 2.41. The van der Waals surface area contributed by atoms with Crippen LogP contribution in [0.25, 0.3) is 0 Å². The van der Waals surface area contributed by atoms with Crippen molar-refractivity contribution in [2.75, 3.05) is 11.9 Å². The summed E-state index contributed by atoms with van der Waals surface area (Å²) < 4.78 is 5.74. The van der Waals surface area contributed by atoms with E-state index in [1.54, 1.807) is 12.1 Å². The zero-order chi connectivity index (χ0) is 10.9. The molecule has 0 spiro atoms. The number of carbonyl (C=O) groups is 1. The second-order valence-electron chi connectivity index (χ2n) is 3.92. The Kier molecular flexibility index (Phi) is 3.21. The van der Waals surface area contributed by atoms with E-state index in [0.717, 1.165) is 11.9 Å². The van der Waals surface area contributed by atoms with Crippen molar-refractivity contribution in [2.24, 2.45) is 5.41 Å². The fourth-order valence-electron chi connectivity index (χ4n) is 1.33. The normalized spacial score (nSPS) is 17.5. The van der Waals surface area contributed by atoms with E-state index in [1.165, 1.54) is 12.8 Å². The molecule has 1 aliphatic rings. The van der Waals surface area contributed by atoms with Gasteiger partial charge < -0.3 is 9.73 Å². The molecular weight excluding hydrogens is 326 g/mol. The summed E-state index contributed by atoms with van der Waals surface area (Å²) in [6.45, 7) is 0.718. The van der Waals surface area contributed by atoms with Crippen LogP contribution in [0.1, 0.15) is 23.4 Å². The van der Waals surface area contributed by atoms with Crippen LogP contribution in [0.5, 0.6) is 0 Å². The molecule has 1 saturated carbocycles. The van der Waals surface area contributed by atoms with Crippen molar-refractivity contribution < 1.29 is 9.21 Å². The first-order valence-corrected chi connectivity index (χ1v) is 6.66. The molecule has 0 saturated heterocycles. The molecule has 1 aromatic heterocycles. The van der Waals surface area contributed by atoms with E-state index >= 15 is 0 Å². The molecule has 1 heterocycles. The first kappa shape index (κ1) is 11.2. The SMILES string of the molecule is O=C(NCC1(CBr)CC1)c1ccc(Br)o1. The molecule has 1 N–H and O–H groups in total. The fourth-order valence-corrected chi connectivity index (χ4v) is 2.39. The lowest BCUT2D eigenvalue weighted by Gasteiger charge is -2.11. The van der Waals surface area contributed by atoms with E-state index in [1.807, 2.05) is 0 Å². The summed E-state index contributed by atoms with van der Waals surface area (Å²) in [6, 6.07) is 3.37. The summed E-state index contributed by atoms with van der Waals surface area (Å²) in [5, 5.41) is 3.83. The smallest absolute Gasteiger partial charge is 0.287 e. The van der Waals surface area contributed by atoms with Gasteiger partial charge in [-0.1, -0.05) is 15.9 Å². The molecule has 1 aliphatic carbocycles. The standard InChI is InChI=1S/C10H11Br2NO2/c11-5-10(3-4-10)6-13-9(14)7-1-2-8(12)15-7/h1-2H,3-6H2,(H,13,14). The summed E-state index contributed by atoms with van der Waals surface area (Å²) in [7, 11) is 0. The molecular formula is C10H11Br2NO2. The van der Waals surface area contributed by atoms with Gasteiger partial charge >= 0.3 is 0 Å². The molecule has 2 rings (SSSR count). The Bertz CT molecular complexity index is 371. The first-order chi connectivity index (χ1) is 7.15. The van der Waals surface area contributed by atoms with Crippen molar-refractivity contribution in [3.63, 3.8) is 0 Å². The van der Waals surface area contributed by atoms with Gasteiger partial charge in [-0.2, -0.15) is 0 Å². The highest BCUT2D eigenvalue weighted by molar-refractivity contribution is 9.10. The highest BCUT2D eigenvalue weighted by atomic mass is 79.9. The molecule has 5 heteroatoms. The molecule has 0 aromatic carbocycles. The van der Waals surface area contributed by atoms with Gasteiger partial charge in [0.2, 0.25) is 0 Å². The second kappa shape index (κ2) is 4.29. The van der Waals surface area contributed by atoms with E-state index in [2.05, 4.69) is 37.2 Å². The van der Waals surface area contributed by atoms with E-state index < -0.39 is 0 Å². The number of nitrogens with one attached hydrogen (secondary N) is 1. The third-order valence-corrected chi connectivity index (χ3v) is 4.28. The van der Waals surface area contributed by atoms with Crippen LogP contribution in [0, 0.1) is 5.41 Å². The first-order valence-electron chi connectivity index (χ1n) is 4.75. The van der Waals surface area contributed by atoms with Crippen LogP contribution in [-0.4, -0.2) is 17.8 Å². The Morgan fingerprint density at radius 1 is 1.53 bits per heavy atom. The monoisotopic (exact) mass is 335 g/mol. The quantitative estimate of drug-likeness (QED) is 0.859. The predicted molar refractivity (Wildman–Crippen MR) is 64.2 cm³/mol. The van der Waals surface area contributed by atoms with Crippen molar-refractivity contribution in [2.45, 2.75) is 12.8 Å². The number of hydrogen-bond acceptors (Lipinski definition) is 2. The van der Waals surface area contributed by atoms with E-state index in [-0.39, 0.29) is 5.91 Å². The van der Waals surface area contributed by atoms with Gasteiger partial charge in [-0.25, -0.2) is 0 Å². The number of alkyl halides is 1. The Labute approximate surface area is 105 Å². The summed E-state index contributed by atoms with van der Waals surface area (Å²) in [4.78, 5) is 11.6. The van der Waals surface area contributed by atoms with Crippen LogP contribution in [-0.2, 0) is 0 Å². The number of carbonyl (C=O) groups excluding carboxylic acids is 1. The van der Waals surface area contributed by atoms with Gasteiger partial charge in [0, 0.05) is 11.9 Å². The Morgan fingerprint density at radius 2 is 2.27 bits per heavy atom. The summed E-state index contributed by atoms with van der Waals surface area (Å²) >= 11 is 6.62. The van der Waals surface area contributed by atoms with Gasteiger partial charge in [-0.3, -0.25) is 4.79 Å². The average Bonchev–Trinajstić information content (AvgIpc) is 2.90. The molecule has 0 aliphatic heterocycles. The third-order valence-electron chi connectivity index (χ3n) is 2.66. The van der Waals surface area contributed by atoms with Crippen LogP contribution in [0.2, 0.25) is 0 Å². The van der Waals surface area contributed by atoms with Crippen LogP contribution in [0.15, 0.2) is 21.2 Å². The minimum absolute atomic E-state index is 0.145. The van der Waals surface area contributed by atoms with Gasteiger partial charge in [0.05, 0.1) is 0 Å². The molecule has 82 valence electrons. The van der Waals surface area contributed by atoms with Gasteiger partial charge in [-0.15, -0.1) is 0 Å². The minimum atomic E-state index is -0.145. The van der Waals surface area contributed by atoms with Gasteiger partial charge in [-0.05, 0) is 46.3 Å². The topological polar surface area (TPSA) is 42.2 Å². The lowest BCUT2D eigenvalue weighted by molar-refractivity contribution is 0.0917. The molecule has 0 atom stereocenters. The van der Waals surface area contributed by atoms with E-state index in [4.69, 9.17) is 4.42 Å². The lowest BCUT2D eigenvalue weighted by atomic mass is 10.1. The minimum Gasteiger partial charge on any atom is -0.444 e. The average molecular weight is 337 g/mol. The molecule has 1 amide bonds. The summed E-state index contributed by atoms with van der Waals surface area (Å²) in [5.74, 6) is 0.208. The van der Waals surface area contributed by atoms with Crippen molar-refractivity contribution in [3.8, 4) is 0 Å². The van der Waals surface area contributed by atoms with Gasteiger partial charge in [0.25, 0.3) is 5.91 Å². The zero-order valence-electron chi connectivity index (χ0n) is 8.06. The van der Waals surface area contributed by atoms with E-state index in [9.17, 15) is 4.79 Å². The van der Waals surface area contributed by atoms with E-state index in [0.29, 0.717) is 15.8 Å². The Balaban J connectivity index is 1.88. The molecule has 1 aromatic rings. The largest absolute Gasteiger partial charge is 0.444 e. The summed E-state index contributed by atoms with van der Waals surface area (Å²) in [5.41, 5.74) is 0.291. The van der Waals surface area contributed by atoms with Gasteiger partial charge in [0.1, 0.15) is 0 Å². The zero-order valence-corrected chi connectivity index (χ0v) is 11.2. The van der Waals surface area contributed by atoms with Crippen LogP contribution >= 0.6 is 31.9 Å². The number of furan rings is 1. The van der Waals surface area contributed by atoms with Crippen molar-refractivity contribution in [3.05, 3.63) is 22.6 Å². The van der Waals surface area contributed by atoms with Gasteiger partial charge in [0.15, 0.2) is 10.4 Å². The number of rotatable bonds is 4. The van der Waals surface area contributed by atoms with Crippen LogP contribution in [0.4, 0.5) is 0 Å². The fraction of sp³-hybridized carbons (Fsp3) is 0.500. The van der Waals surface area contributed by atoms with Crippen molar-refractivity contribution in [1.29, 1.82) is 0 Å². The number of amides is 1. The molecule has 3 nitrogen and oxygen atoms in total. The highest BCUT2D eigenvalue weighted by Crippen LogP contribution is 2.46. The van der Waals surface area contributed by atoms with Crippen LogP contribution < -0.4 is 5.32 Å². The lowest BCUT2D eigenvalue weighted by Crippen LogP contribution is -2.30. The molecule has 15 heavy (non-hydrogen) atoms. The maximum absolute atomic E-state index is 11.6. The van der Waals surface area contributed by atoms with Crippen molar-refractivity contribution in [1.82, 2.24) is 5.32 Å². The molecule has 0 radical (unpaired) electrons. The summed E-state index contributed by atoms with van der Waals surface area (Å²) in [6.07, 6.45) is 2.36. The number of halogens is 2.